The maximum atomic E-state index is 13.3. The molecule has 36 heavy (non-hydrogen) atoms. The number of aromatic amines is 1. The van der Waals surface area contributed by atoms with Crippen LogP contribution in [0.3, 0.4) is 0 Å². The lowest BCUT2D eigenvalue weighted by Crippen LogP contribution is -2.57. The summed E-state index contributed by atoms with van der Waals surface area (Å²) in [7, 11) is 0. The second kappa shape index (κ2) is 13.9. The van der Waals surface area contributed by atoms with Crippen molar-refractivity contribution in [3.8, 4) is 0 Å². The monoisotopic (exact) mass is 519 g/mol. The van der Waals surface area contributed by atoms with Crippen LogP contribution < -0.4 is 21.7 Å². The minimum Gasteiger partial charge on any atom is -0.480 e. The molecule has 0 radical (unpaired) electrons. The number of aromatic nitrogens is 1. The lowest BCUT2D eigenvalue weighted by molar-refractivity contribution is -0.142. The van der Waals surface area contributed by atoms with Crippen LogP contribution in [-0.2, 0) is 25.6 Å². The Labute approximate surface area is 215 Å². The van der Waals surface area contributed by atoms with Crippen molar-refractivity contribution in [3.63, 3.8) is 0 Å². The van der Waals surface area contributed by atoms with E-state index < -0.39 is 47.9 Å². The molecule has 11 heteroatoms. The number of amides is 3. The number of nitrogens with one attached hydrogen (secondary N) is 4. The van der Waals surface area contributed by atoms with Crippen LogP contribution in [0.2, 0.25) is 0 Å². The number of carbonyl (C=O) groups is 4. The number of H-pyrrole nitrogens is 1. The van der Waals surface area contributed by atoms with Crippen molar-refractivity contribution < 1.29 is 24.3 Å². The van der Waals surface area contributed by atoms with E-state index in [0.29, 0.717) is 12.2 Å². The van der Waals surface area contributed by atoms with Crippen molar-refractivity contribution in [2.45, 2.75) is 64.2 Å². The lowest BCUT2D eigenvalue weighted by Gasteiger charge is -2.25. The second-order valence-corrected chi connectivity index (χ2v) is 10.3. The number of rotatable bonds is 14. The number of aliphatic carboxylic acids is 1. The summed E-state index contributed by atoms with van der Waals surface area (Å²) in [6, 6.07) is 3.72. The predicted octanol–water partition coefficient (Wildman–Crippen LogP) is 1.40. The molecule has 2 rings (SSSR count). The fourth-order valence-corrected chi connectivity index (χ4v) is 4.25. The van der Waals surface area contributed by atoms with E-state index in [1.807, 2.05) is 44.4 Å². The van der Waals surface area contributed by atoms with Gasteiger partial charge in [0.15, 0.2) is 0 Å². The van der Waals surface area contributed by atoms with Crippen molar-refractivity contribution in [1.82, 2.24) is 20.9 Å². The van der Waals surface area contributed by atoms with Crippen molar-refractivity contribution >= 4 is 46.4 Å². The fourth-order valence-electron chi connectivity index (χ4n) is 3.77. The van der Waals surface area contributed by atoms with Crippen LogP contribution in [0.1, 0.15) is 39.2 Å². The van der Waals surface area contributed by atoms with E-state index in [1.165, 1.54) is 18.7 Å². The van der Waals surface area contributed by atoms with Crippen molar-refractivity contribution in [1.29, 1.82) is 0 Å². The van der Waals surface area contributed by atoms with Gasteiger partial charge in [-0.1, -0.05) is 32.0 Å². The molecule has 1 heterocycles. The predicted molar refractivity (Wildman–Crippen MR) is 142 cm³/mol. The highest BCUT2D eigenvalue weighted by molar-refractivity contribution is 7.98. The first kappa shape index (κ1) is 29.2. The average molecular weight is 520 g/mol. The van der Waals surface area contributed by atoms with Crippen molar-refractivity contribution in [3.05, 3.63) is 36.0 Å². The molecule has 0 fully saturated rings. The molecule has 7 N–H and O–H groups in total. The van der Waals surface area contributed by atoms with Gasteiger partial charge in [-0.15, -0.1) is 0 Å². The molecule has 0 saturated carbocycles. The highest BCUT2D eigenvalue weighted by Crippen LogP contribution is 2.19. The van der Waals surface area contributed by atoms with E-state index in [4.69, 9.17) is 5.73 Å². The van der Waals surface area contributed by atoms with E-state index in [0.717, 1.165) is 16.5 Å². The minimum atomic E-state index is -1.14. The standard InChI is InChI=1S/C25H37N5O5S/c1-14(2)11-21(25(34)35)30-24(33)20(12-16-13-27-18-8-6-5-7-17(16)18)29-23(32)19(9-10-36-4)28-22(31)15(3)26/h5-8,13-15,19-21,27H,9-12,26H2,1-4H3,(H,28,31)(H,29,32)(H,30,33)(H,34,35). The molecule has 0 spiro atoms. The summed E-state index contributed by atoms with van der Waals surface area (Å²) in [4.78, 5) is 53.6. The fraction of sp³-hybridized carbons (Fsp3) is 0.520. The Morgan fingerprint density at radius 1 is 0.972 bits per heavy atom. The van der Waals surface area contributed by atoms with Gasteiger partial charge in [0.05, 0.1) is 6.04 Å². The smallest absolute Gasteiger partial charge is 0.326 e. The third-order valence-electron chi connectivity index (χ3n) is 5.71. The second-order valence-electron chi connectivity index (χ2n) is 9.29. The zero-order valence-corrected chi connectivity index (χ0v) is 22.0. The Morgan fingerprint density at radius 2 is 1.58 bits per heavy atom. The summed E-state index contributed by atoms with van der Waals surface area (Å²) in [6.45, 7) is 5.25. The summed E-state index contributed by atoms with van der Waals surface area (Å²) in [5, 5.41) is 18.5. The third-order valence-corrected chi connectivity index (χ3v) is 6.35. The molecule has 3 amide bonds. The molecular formula is C25H37N5O5S. The number of nitrogens with two attached hydrogens (primary N) is 1. The van der Waals surface area contributed by atoms with Crippen molar-refractivity contribution in [2.24, 2.45) is 11.7 Å². The molecule has 198 valence electrons. The molecule has 0 aliphatic heterocycles. The zero-order valence-electron chi connectivity index (χ0n) is 21.2. The summed E-state index contributed by atoms with van der Waals surface area (Å²) < 4.78 is 0. The van der Waals surface area contributed by atoms with Gasteiger partial charge >= 0.3 is 5.97 Å². The van der Waals surface area contributed by atoms with Gasteiger partial charge in [-0.05, 0) is 49.3 Å². The third kappa shape index (κ3) is 8.56. The number of hydrogen-bond donors (Lipinski definition) is 6. The minimum absolute atomic E-state index is 0.0393. The molecular weight excluding hydrogens is 482 g/mol. The van der Waals surface area contributed by atoms with E-state index in [-0.39, 0.29) is 18.8 Å². The number of benzene rings is 1. The molecule has 4 atom stereocenters. The number of carboxylic acid groups (broad SMARTS) is 1. The van der Waals surface area contributed by atoms with Crippen LogP contribution in [0.4, 0.5) is 0 Å². The van der Waals surface area contributed by atoms with E-state index >= 15 is 0 Å². The van der Waals surface area contributed by atoms with Gasteiger partial charge in [0.2, 0.25) is 17.7 Å². The topological polar surface area (TPSA) is 166 Å². The quantitative estimate of drug-likeness (QED) is 0.219. The number of carboxylic acids is 1. The van der Waals surface area contributed by atoms with Crippen molar-refractivity contribution in [2.75, 3.05) is 12.0 Å². The van der Waals surface area contributed by atoms with Gasteiger partial charge in [-0.2, -0.15) is 11.8 Å². The maximum absolute atomic E-state index is 13.3. The van der Waals surface area contributed by atoms with Crippen LogP contribution in [0.5, 0.6) is 0 Å². The van der Waals surface area contributed by atoms with E-state index in [1.54, 1.807) is 6.20 Å². The summed E-state index contributed by atoms with van der Waals surface area (Å²) in [5.74, 6) is -2.12. The highest BCUT2D eigenvalue weighted by atomic mass is 32.2. The Morgan fingerprint density at radius 3 is 2.19 bits per heavy atom. The Hall–Kier alpha value is -3.05. The van der Waals surface area contributed by atoms with E-state index in [9.17, 15) is 24.3 Å². The lowest BCUT2D eigenvalue weighted by atomic mass is 10.0. The van der Waals surface area contributed by atoms with Crippen LogP contribution in [0.25, 0.3) is 10.9 Å². The van der Waals surface area contributed by atoms with Gasteiger partial charge in [0.1, 0.15) is 18.1 Å². The number of hydrogen-bond acceptors (Lipinski definition) is 6. The Bertz CT molecular complexity index is 1050. The Balaban J connectivity index is 2.31. The molecule has 1 aromatic heterocycles. The van der Waals surface area contributed by atoms with Gasteiger partial charge in [0.25, 0.3) is 0 Å². The normalized spacial score (nSPS) is 14.6. The number of fused-ring (bicyclic) bond motifs is 1. The van der Waals surface area contributed by atoms with Crippen LogP contribution in [-0.4, -0.2) is 70.0 Å². The molecule has 0 aliphatic rings. The first-order valence-corrected chi connectivity index (χ1v) is 13.4. The molecule has 0 saturated heterocycles. The van der Waals surface area contributed by atoms with Crippen LogP contribution >= 0.6 is 11.8 Å². The van der Waals surface area contributed by atoms with Gasteiger partial charge in [-0.3, -0.25) is 14.4 Å². The largest absolute Gasteiger partial charge is 0.480 e. The number of thioether (sulfide) groups is 1. The highest BCUT2D eigenvalue weighted by Gasteiger charge is 2.30. The number of carbonyl (C=O) groups excluding carboxylic acids is 3. The maximum Gasteiger partial charge on any atom is 0.326 e. The first-order valence-electron chi connectivity index (χ1n) is 12.0. The molecule has 1 aromatic carbocycles. The SMILES string of the molecule is CSCCC(NC(=O)C(C)N)C(=O)NC(Cc1c[nH]c2ccccc12)C(=O)NC(CC(C)C)C(=O)O. The van der Waals surface area contributed by atoms with Crippen LogP contribution in [0, 0.1) is 5.92 Å². The zero-order chi connectivity index (χ0) is 26.8. The van der Waals surface area contributed by atoms with Gasteiger partial charge in [0, 0.05) is 23.5 Å². The summed E-state index contributed by atoms with van der Waals surface area (Å²) in [5.41, 5.74) is 7.33. The molecule has 10 nitrogen and oxygen atoms in total. The molecule has 2 aromatic rings. The molecule has 4 unspecified atom stereocenters. The van der Waals surface area contributed by atoms with Crippen LogP contribution in [0.15, 0.2) is 30.5 Å². The summed E-state index contributed by atoms with van der Waals surface area (Å²) >= 11 is 1.52. The van der Waals surface area contributed by atoms with E-state index in [2.05, 4.69) is 20.9 Å². The van der Waals surface area contributed by atoms with Gasteiger partial charge in [-0.25, -0.2) is 4.79 Å². The first-order chi connectivity index (χ1) is 17.0. The summed E-state index contributed by atoms with van der Waals surface area (Å²) in [6.07, 6.45) is 4.37. The molecule has 0 aliphatic carbocycles. The Kier molecular flexibility index (Phi) is 11.3. The van der Waals surface area contributed by atoms with Gasteiger partial charge < -0.3 is 31.8 Å². The molecule has 0 bridgehead atoms. The average Bonchev–Trinajstić information content (AvgIpc) is 3.22. The number of para-hydroxylation sites is 1.